The Morgan fingerprint density at radius 1 is 1.11 bits per heavy atom. The van der Waals surface area contributed by atoms with Crippen molar-refractivity contribution in [3.63, 3.8) is 0 Å². The molecule has 0 bridgehead atoms. The molecule has 3 heterocycles. The van der Waals surface area contributed by atoms with Gasteiger partial charge in [0.25, 0.3) is 5.91 Å². The van der Waals surface area contributed by atoms with E-state index in [9.17, 15) is 13.6 Å². The van der Waals surface area contributed by atoms with Gasteiger partial charge >= 0.3 is 6.61 Å². The summed E-state index contributed by atoms with van der Waals surface area (Å²) >= 11 is 1.44. The quantitative estimate of drug-likeness (QED) is 0.847. The van der Waals surface area contributed by atoms with Gasteiger partial charge in [0.2, 0.25) is 0 Å². The maximum Gasteiger partial charge on any atom is 0.387 e. The lowest BCUT2D eigenvalue weighted by atomic mass is 9.78. The third-order valence-electron chi connectivity index (χ3n) is 5.62. The van der Waals surface area contributed by atoms with Crippen LogP contribution in [0.4, 0.5) is 8.78 Å². The number of likely N-dealkylation sites (tertiary alicyclic amines) is 1. The predicted molar refractivity (Wildman–Crippen MR) is 101 cm³/mol. The molecular formula is C20H22F2N2O2S. The van der Waals surface area contributed by atoms with E-state index in [0.717, 1.165) is 54.3 Å². The third kappa shape index (κ3) is 3.99. The Labute approximate surface area is 161 Å². The number of ether oxygens (including phenoxy) is 1. The smallest absolute Gasteiger partial charge is 0.387 e. The summed E-state index contributed by atoms with van der Waals surface area (Å²) in [6, 6.07) is 10.3. The van der Waals surface area contributed by atoms with Crippen LogP contribution in [-0.2, 0) is 0 Å². The number of hydrogen-bond acceptors (Lipinski definition) is 4. The Hall–Kier alpha value is -1.99. The minimum Gasteiger partial charge on any atom is -0.435 e. The number of hydrogen-bond donors (Lipinski definition) is 1. The summed E-state index contributed by atoms with van der Waals surface area (Å²) in [5, 5.41) is 3.44. The van der Waals surface area contributed by atoms with E-state index in [2.05, 4.69) is 10.1 Å². The van der Waals surface area contributed by atoms with E-state index >= 15 is 0 Å². The molecule has 144 valence electrons. The molecule has 2 fully saturated rings. The Morgan fingerprint density at radius 3 is 2.48 bits per heavy atom. The van der Waals surface area contributed by atoms with Crippen LogP contribution in [0.2, 0.25) is 0 Å². The van der Waals surface area contributed by atoms with Gasteiger partial charge in [-0.1, -0.05) is 0 Å². The van der Waals surface area contributed by atoms with E-state index < -0.39 is 6.61 Å². The molecule has 2 aliphatic rings. The molecule has 2 aromatic rings. The SMILES string of the molecule is O=C(c1ccc(-c2ccc(OC(F)F)cc2)s1)N1CCC2(CCNC2)CC1. The number of thiophene rings is 1. The van der Waals surface area contributed by atoms with Crippen LogP contribution in [0.5, 0.6) is 5.75 Å². The third-order valence-corrected chi connectivity index (χ3v) is 6.75. The molecule has 2 saturated heterocycles. The summed E-state index contributed by atoms with van der Waals surface area (Å²) in [6.45, 7) is 0.957. The zero-order valence-corrected chi connectivity index (χ0v) is 15.7. The molecule has 7 heteroatoms. The fourth-order valence-electron chi connectivity index (χ4n) is 3.97. The van der Waals surface area contributed by atoms with Crippen LogP contribution in [-0.4, -0.2) is 43.6 Å². The number of carbonyl (C=O) groups is 1. The molecule has 0 aliphatic carbocycles. The van der Waals surface area contributed by atoms with Crippen molar-refractivity contribution in [1.29, 1.82) is 0 Å². The second-order valence-corrected chi connectivity index (χ2v) is 8.37. The number of rotatable bonds is 4. The van der Waals surface area contributed by atoms with Crippen LogP contribution in [0, 0.1) is 5.41 Å². The second-order valence-electron chi connectivity index (χ2n) is 7.29. The highest BCUT2D eigenvalue weighted by Crippen LogP contribution is 2.38. The van der Waals surface area contributed by atoms with E-state index in [4.69, 9.17) is 0 Å². The molecule has 1 aromatic heterocycles. The van der Waals surface area contributed by atoms with E-state index in [1.165, 1.54) is 29.9 Å². The fourth-order valence-corrected chi connectivity index (χ4v) is 4.95. The van der Waals surface area contributed by atoms with E-state index in [1.54, 1.807) is 12.1 Å². The number of piperidine rings is 1. The largest absolute Gasteiger partial charge is 0.435 e. The first-order valence-corrected chi connectivity index (χ1v) is 10.0. The summed E-state index contributed by atoms with van der Waals surface area (Å²) < 4.78 is 28.9. The zero-order chi connectivity index (χ0) is 18.9. The van der Waals surface area contributed by atoms with Crippen molar-refractivity contribution in [3.05, 3.63) is 41.3 Å². The zero-order valence-electron chi connectivity index (χ0n) is 14.9. The Morgan fingerprint density at radius 2 is 1.85 bits per heavy atom. The molecule has 0 radical (unpaired) electrons. The van der Waals surface area contributed by atoms with E-state index in [1.807, 2.05) is 17.0 Å². The minimum atomic E-state index is -2.83. The average Bonchev–Trinajstić information content (AvgIpc) is 3.32. The Balaban J connectivity index is 1.41. The number of carbonyl (C=O) groups excluding carboxylic acids is 1. The number of nitrogens with zero attached hydrogens (tertiary/aromatic N) is 1. The number of benzene rings is 1. The molecule has 4 nitrogen and oxygen atoms in total. The molecule has 27 heavy (non-hydrogen) atoms. The lowest BCUT2D eigenvalue weighted by Gasteiger charge is -2.38. The molecule has 0 saturated carbocycles. The Kier molecular flexibility index (Phi) is 5.14. The molecule has 4 rings (SSSR count). The maximum atomic E-state index is 12.8. The van der Waals surface area contributed by atoms with Crippen molar-refractivity contribution in [3.8, 4) is 16.2 Å². The standard InChI is InChI=1S/C20H22F2N2O2S/c21-19(22)26-15-3-1-14(2-4-15)16-5-6-17(27-16)18(25)24-11-8-20(9-12-24)7-10-23-13-20/h1-6,19,23H,7-13H2. The highest BCUT2D eigenvalue weighted by atomic mass is 32.1. The van der Waals surface area contributed by atoms with Gasteiger partial charge in [-0.3, -0.25) is 4.79 Å². The van der Waals surface area contributed by atoms with Gasteiger partial charge in [-0.25, -0.2) is 0 Å². The molecule has 2 aliphatic heterocycles. The van der Waals surface area contributed by atoms with Gasteiger partial charge in [-0.15, -0.1) is 11.3 Å². The average molecular weight is 392 g/mol. The normalized spacial score (nSPS) is 19.0. The molecular weight excluding hydrogens is 370 g/mol. The van der Waals surface area contributed by atoms with Gasteiger partial charge in [0, 0.05) is 24.5 Å². The summed E-state index contributed by atoms with van der Waals surface area (Å²) in [5.74, 6) is 0.218. The fraction of sp³-hybridized carbons (Fsp3) is 0.450. The van der Waals surface area contributed by atoms with Gasteiger partial charge in [0.1, 0.15) is 5.75 Å². The summed E-state index contributed by atoms with van der Waals surface area (Å²) in [7, 11) is 0. The van der Waals surface area contributed by atoms with Crippen LogP contribution in [0.15, 0.2) is 36.4 Å². The second kappa shape index (κ2) is 7.56. The van der Waals surface area contributed by atoms with Crippen molar-refractivity contribution < 1.29 is 18.3 Å². The lowest BCUT2D eigenvalue weighted by molar-refractivity contribution is -0.0498. The van der Waals surface area contributed by atoms with Crippen molar-refractivity contribution in [1.82, 2.24) is 10.2 Å². The van der Waals surface area contributed by atoms with Crippen molar-refractivity contribution in [2.45, 2.75) is 25.9 Å². The van der Waals surface area contributed by atoms with E-state index in [0.29, 0.717) is 5.41 Å². The Bertz CT molecular complexity index is 791. The van der Waals surface area contributed by atoms with Crippen LogP contribution in [0.1, 0.15) is 28.9 Å². The summed E-state index contributed by atoms with van der Waals surface area (Å²) in [4.78, 5) is 16.5. The number of amides is 1. The highest BCUT2D eigenvalue weighted by Gasteiger charge is 2.38. The maximum absolute atomic E-state index is 12.8. The topological polar surface area (TPSA) is 41.6 Å². The first-order valence-electron chi connectivity index (χ1n) is 9.20. The van der Waals surface area contributed by atoms with Crippen LogP contribution < -0.4 is 10.1 Å². The van der Waals surface area contributed by atoms with Crippen molar-refractivity contribution in [2.75, 3.05) is 26.2 Å². The first-order chi connectivity index (χ1) is 13.0. The predicted octanol–water partition coefficient (Wildman–Crippen LogP) is 4.23. The van der Waals surface area contributed by atoms with Gasteiger partial charge in [0.15, 0.2) is 0 Å². The van der Waals surface area contributed by atoms with Gasteiger partial charge < -0.3 is 15.0 Å². The lowest BCUT2D eigenvalue weighted by Crippen LogP contribution is -2.43. The van der Waals surface area contributed by atoms with Crippen LogP contribution in [0.3, 0.4) is 0 Å². The van der Waals surface area contributed by atoms with Crippen LogP contribution in [0.25, 0.3) is 10.4 Å². The van der Waals surface area contributed by atoms with E-state index in [-0.39, 0.29) is 11.7 Å². The number of alkyl halides is 2. The number of halogens is 2. The highest BCUT2D eigenvalue weighted by molar-refractivity contribution is 7.17. The summed E-state index contributed by atoms with van der Waals surface area (Å²) in [5.41, 5.74) is 1.27. The minimum absolute atomic E-state index is 0.0877. The first kappa shape index (κ1) is 18.4. The molecule has 0 unspecified atom stereocenters. The molecule has 1 aromatic carbocycles. The van der Waals surface area contributed by atoms with Crippen molar-refractivity contribution >= 4 is 17.2 Å². The van der Waals surface area contributed by atoms with Gasteiger partial charge in [-0.05, 0) is 73.2 Å². The molecule has 0 atom stereocenters. The molecule has 1 N–H and O–H groups in total. The van der Waals surface area contributed by atoms with Gasteiger partial charge in [-0.2, -0.15) is 8.78 Å². The van der Waals surface area contributed by atoms with Gasteiger partial charge in [0.05, 0.1) is 4.88 Å². The van der Waals surface area contributed by atoms with Crippen molar-refractivity contribution in [2.24, 2.45) is 5.41 Å². The molecule has 1 amide bonds. The van der Waals surface area contributed by atoms with Crippen LogP contribution >= 0.6 is 11.3 Å². The monoisotopic (exact) mass is 392 g/mol. The number of nitrogens with one attached hydrogen (secondary N) is 1. The summed E-state index contributed by atoms with van der Waals surface area (Å²) in [6.07, 6.45) is 3.34. The molecule has 1 spiro atoms.